The minimum Gasteiger partial charge on any atom is -0.394 e. The summed E-state index contributed by atoms with van der Waals surface area (Å²) in [4.78, 5) is 12.6. The zero-order valence-corrected chi connectivity index (χ0v) is 48.2. The number of aliphatic hydroxyl groups excluding tert-OH is 3. The fraction of sp³-hybridized carbons (Fsp3) is 0.985. The van der Waals surface area contributed by atoms with Crippen LogP contribution in [0.4, 0.5) is 0 Å². The van der Waals surface area contributed by atoms with Crippen LogP contribution in [0, 0.1) is 0 Å². The zero-order chi connectivity index (χ0) is 50.7. The Hall–Kier alpha value is -0.650. The van der Waals surface area contributed by atoms with E-state index in [1.54, 1.807) is 0 Å². The SMILES string of the molecule is CCCCCCCCCCCCCCCCCCCCCCCCCCCCCCCCCCCCCCC(O)C(=O)NC(CO)C(O)CCCCCCCCCCCCCCCCCCCCCC. The minimum absolute atomic E-state index is 0.307. The number of aliphatic hydroxyl groups is 3. The smallest absolute Gasteiger partial charge is 0.249 e. The van der Waals surface area contributed by atoms with Crippen molar-refractivity contribution in [2.45, 2.75) is 405 Å². The van der Waals surface area contributed by atoms with E-state index in [1.807, 2.05) is 0 Å². The average Bonchev–Trinajstić information content (AvgIpc) is 3.36. The van der Waals surface area contributed by atoms with Crippen molar-refractivity contribution in [3.63, 3.8) is 0 Å². The number of hydrogen-bond donors (Lipinski definition) is 4. The highest BCUT2D eigenvalue weighted by atomic mass is 16.3. The molecule has 0 rings (SSSR count). The predicted molar refractivity (Wildman–Crippen MR) is 310 cm³/mol. The van der Waals surface area contributed by atoms with Crippen LogP contribution in [0.3, 0.4) is 0 Å². The fourth-order valence-corrected chi connectivity index (χ4v) is 10.9. The van der Waals surface area contributed by atoms with Gasteiger partial charge in [0.1, 0.15) is 6.10 Å². The van der Waals surface area contributed by atoms with Gasteiger partial charge >= 0.3 is 0 Å². The van der Waals surface area contributed by atoms with Crippen molar-refractivity contribution in [1.29, 1.82) is 0 Å². The Labute approximate surface area is 440 Å². The molecule has 1 amide bonds. The van der Waals surface area contributed by atoms with Crippen LogP contribution in [0.15, 0.2) is 0 Å². The molecule has 0 spiro atoms. The second kappa shape index (κ2) is 60.9. The van der Waals surface area contributed by atoms with Gasteiger partial charge in [-0.3, -0.25) is 4.79 Å². The van der Waals surface area contributed by atoms with Gasteiger partial charge in [0.25, 0.3) is 0 Å². The Kier molecular flexibility index (Phi) is 60.3. The molecule has 3 unspecified atom stereocenters. The average molecular weight is 991 g/mol. The van der Waals surface area contributed by atoms with E-state index in [4.69, 9.17) is 0 Å². The van der Waals surface area contributed by atoms with Crippen LogP contribution in [0.1, 0.15) is 386 Å². The molecular formula is C65H131NO4. The molecule has 0 saturated heterocycles. The lowest BCUT2D eigenvalue weighted by atomic mass is 10.0. The lowest BCUT2D eigenvalue weighted by Crippen LogP contribution is -2.49. The molecule has 5 nitrogen and oxygen atoms in total. The molecule has 0 aromatic rings. The summed E-state index contributed by atoms with van der Waals surface area (Å²) in [6, 6.07) is -0.708. The first-order valence-electron chi connectivity index (χ1n) is 32.8. The minimum atomic E-state index is -1.07. The summed E-state index contributed by atoms with van der Waals surface area (Å²) in [6.07, 6.45) is 76.3. The van der Waals surface area contributed by atoms with Gasteiger partial charge < -0.3 is 20.6 Å². The highest BCUT2D eigenvalue weighted by Gasteiger charge is 2.23. The van der Waals surface area contributed by atoms with Crippen molar-refractivity contribution < 1.29 is 20.1 Å². The molecular weight excluding hydrogens is 859 g/mol. The monoisotopic (exact) mass is 990 g/mol. The van der Waals surface area contributed by atoms with Gasteiger partial charge in [0.2, 0.25) is 5.91 Å². The van der Waals surface area contributed by atoms with Crippen LogP contribution in [-0.2, 0) is 4.79 Å². The van der Waals surface area contributed by atoms with Gasteiger partial charge in [0, 0.05) is 0 Å². The second-order valence-corrected chi connectivity index (χ2v) is 23.1. The maximum atomic E-state index is 12.6. The number of nitrogens with one attached hydrogen (secondary N) is 1. The number of unbranched alkanes of at least 4 members (excludes halogenated alkanes) is 54. The summed E-state index contributed by atoms with van der Waals surface area (Å²) >= 11 is 0. The van der Waals surface area contributed by atoms with E-state index in [9.17, 15) is 20.1 Å². The van der Waals surface area contributed by atoms with Crippen molar-refractivity contribution in [2.75, 3.05) is 6.61 Å². The Morgan fingerprint density at radius 3 is 0.643 bits per heavy atom. The molecule has 0 bridgehead atoms. The third-order valence-electron chi connectivity index (χ3n) is 16.0. The third-order valence-corrected chi connectivity index (χ3v) is 16.0. The van der Waals surface area contributed by atoms with Gasteiger partial charge in [-0.2, -0.15) is 0 Å². The Balaban J connectivity index is 3.41. The molecule has 0 aliphatic rings. The zero-order valence-electron chi connectivity index (χ0n) is 48.2. The largest absolute Gasteiger partial charge is 0.394 e. The van der Waals surface area contributed by atoms with Crippen LogP contribution in [-0.4, -0.2) is 46.1 Å². The van der Waals surface area contributed by atoms with E-state index < -0.39 is 24.2 Å². The number of carbonyl (C=O) groups excluding carboxylic acids is 1. The van der Waals surface area contributed by atoms with Crippen molar-refractivity contribution in [3.8, 4) is 0 Å². The van der Waals surface area contributed by atoms with Gasteiger partial charge in [0.15, 0.2) is 0 Å². The maximum absolute atomic E-state index is 12.6. The van der Waals surface area contributed by atoms with Crippen LogP contribution in [0.25, 0.3) is 0 Å². The molecule has 0 aromatic heterocycles. The topological polar surface area (TPSA) is 89.8 Å². The second-order valence-electron chi connectivity index (χ2n) is 23.1. The molecule has 420 valence electrons. The van der Waals surface area contributed by atoms with Crippen molar-refractivity contribution >= 4 is 5.91 Å². The first-order chi connectivity index (χ1) is 34.6. The van der Waals surface area contributed by atoms with E-state index in [0.717, 1.165) is 32.1 Å². The molecule has 0 saturated carbocycles. The van der Waals surface area contributed by atoms with Crippen LogP contribution in [0.5, 0.6) is 0 Å². The standard InChI is InChI=1S/C65H131NO4/c1-3-5-7-9-11-13-15-17-19-21-23-25-26-27-28-29-30-31-32-33-34-35-36-37-38-39-40-42-44-46-48-50-52-54-56-58-60-64(69)65(70)66-62(61-67)63(68)59-57-55-53-51-49-47-45-43-41-24-22-20-18-16-14-12-10-8-6-4-2/h62-64,67-69H,3-61H2,1-2H3,(H,66,70). The summed E-state index contributed by atoms with van der Waals surface area (Å²) in [5, 5.41) is 33.6. The van der Waals surface area contributed by atoms with Crippen molar-refractivity contribution in [1.82, 2.24) is 5.32 Å². The van der Waals surface area contributed by atoms with Crippen LogP contribution < -0.4 is 5.32 Å². The molecule has 4 N–H and O–H groups in total. The molecule has 5 heteroatoms. The normalized spacial score (nSPS) is 13.0. The van der Waals surface area contributed by atoms with E-state index in [-0.39, 0.29) is 6.61 Å². The van der Waals surface area contributed by atoms with Crippen LogP contribution in [0.2, 0.25) is 0 Å². The predicted octanol–water partition coefficient (Wildman–Crippen LogP) is 20.9. The summed E-state index contributed by atoms with van der Waals surface area (Å²) in [5.41, 5.74) is 0. The van der Waals surface area contributed by atoms with Crippen molar-refractivity contribution in [3.05, 3.63) is 0 Å². The summed E-state index contributed by atoms with van der Waals surface area (Å²) in [6.45, 7) is 4.29. The van der Waals surface area contributed by atoms with Gasteiger partial charge in [-0.15, -0.1) is 0 Å². The van der Waals surface area contributed by atoms with E-state index >= 15 is 0 Å². The first kappa shape index (κ1) is 69.3. The van der Waals surface area contributed by atoms with E-state index in [0.29, 0.717) is 12.8 Å². The van der Waals surface area contributed by atoms with E-state index in [2.05, 4.69) is 19.2 Å². The van der Waals surface area contributed by atoms with Gasteiger partial charge in [-0.25, -0.2) is 0 Å². The molecule has 0 heterocycles. The highest BCUT2D eigenvalue weighted by molar-refractivity contribution is 5.80. The molecule has 0 radical (unpaired) electrons. The van der Waals surface area contributed by atoms with Crippen molar-refractivity contribution in [2.24, 2.45) is 0 Å². The molecule has 0 fully saturated rings. The first-order valence-corrected chi connectivity index (χ1v) is 32.8. The molecule has 0 aromatic carbocycles. The number of rotatable bonds is 62. The van der Waals surface area contributed by atoms with Crippen LogP contribution >= 0.6 is 0 Å². The Morgan fingerprint density at radius 1 is 0.286 bits per heavy atom. The van der Waals surface area contributed by atoms with Gasteiger partial charge in [-0.05, 0) is 12.8 Å². The molecule has 3 atom stereocenters. The highest BCUT2D eigenvalue weighted by Crippen LogP contribution is 2.20. The Bertz CT molecular complexity index is 960. The van der Waals surface area contributed by atoms with Gasteiger partial charge in [-0.1, -0.05) is 373 Å². The summed E-state index contributed by atoms with van der Waals surface area (Å²) in [7, 11) is 0. The molecule has 0 aliphatic carbocycles. The lowest BCUT2D eigenvalue weighted by Gasteiger charge is -2.23. The number of amides is 1. The van der Waals surface area contributed by atoms with Gasteiger partial charge in [0.05, 0.1) is 18.8 Å². The fourth-order valence-electron chi connectivity index (χ4n) is 10.9. The quantitative estimate of drug-likeness (QED) is 0.0457. The lowest BCUT2D eigenvalue weighted by molar-refractivity contribution is -0.131. The maximum Gasteiger partial charge on any atom is 0.249 e. The Morgan fingerprint density at radius 2 is 0.457 bits per heavy atom. The van der Waals surface area contributed by atoms with E-state index in [1.165, 1.54) is 327 Å². The molecule has 0 aliphatic heterocycles. The summed E-state index contributed by atoms with van der Waals surface area (Å²) in [5.74, 6) is -0.460. The number of carbonyl (C=O) groups is 1. The molecule has 70 heavy (non-hydrogen) atoms. The number of hydrogen-bond acceptors (Lipinski definition) is 4. The summed E-state index contributed by atoms with van der Waals surface area (Å²) < 4.78 is 0. The third kappa shape index (κ3) is 55.1.